The van der Waals surface area contributed by atoms with Crippen molar-refractivity contribution in [3.05, 3.63) is 87.5 Å². The van der Waals surface area contributed by atoms with Gasteiger partial charge in [0.1, 0.15) is 5.82 Å². The van der Waals surface area contributed by atoms with Gasteiger partial charge in [-0.05, 0) is 83.4 Å². The first-order valence-corrected chi connectivity index (χ1v) is 14.1. The summed E-state index contributed by atoms with van der Waals surface area (Å²) in [6, 6.07) is 24.5. The smallest absolute Gasteiger partial charge is 0.241 e. The van der Waals surface area contributed by atoms with Crippen LogP contribution in [0.1, 0.15) is 30.4 Å². The number of halogens is 1. The van der Waals surface area contributed by atoms with Crippen molar-refractivity contribution in [1.29, 1.82) is 0 Å². The molecule has 1 aliphatic rings. The molecule has 0 spiro atoms. The van der Waals surface area contributed by atoms with E-state index in [0.29, 0.717) is 12.5 Å². The van der Waals surface area contributed by atoms with Crippen molar-refractivity contribution >= 4 is 56.9 Å². The van der Waals surface area contributed by atoms with E-state index in [0.717, 1.165) is 63.9 Å². The SMILES string of the molecule is CN(C)c1nc(NCc2ccc(NC(=O)C3CCCCN3Cc3ccccc3)cc2)c2cc(I)ccc2n1. The highest BCUT2D eigenvalue weighted by Crippen LogP contribution is 2.26. The van der Waals surface area contributed by atoms with Crippen molar-refractivity contribution in [2.45, 2.75) is 38.4 Å². The molecule has 1 amide bonds. The van der Waals surface area contributed by atoms with E-state index in [4.69, 9.17) is 4.98 Å². The zero-order valence-electron chi connectivity index (χ0n) is 21.8. The summed E-state index contributed by atoms with van der Waals surface area (Å²) in [4.78, 5) is 26.8. The predicted molar refractivity (Wildman–Crippen MR) is 163 cm³/mol. The molecule has 4 aromatic rings. The Bertz CT molecular complexity index is 1390. The van der Waals surface area contributed by atoms with Gasteiger partial charge in [-0.3, -0.25) is 9.69 Å². The average Bonchev–Trinajstić information content (AvgIpc) is 2.93. The average molecular weight is 621 g/mol. The molecule has 7 nitrogen and oxygen atoms in total. The molecule has 2 N–H and O–H groups in total. The van der Waals surface area contributed by atoms with Crippen LogP contribution in [0.15, 0.2) is 72.8 Å². The van der Waals surface area contributed by atoms with Gasteiger partial charge in [0.05, 0.1) is 11.6 Å². The van der Waals surface area contributed by atoms with E-state index in [-0.39, 0.29) is 11.9 Å². The number of hydrogen-bond acceptors (Lipinski definition) is 6. The summed E-state index contributed by atoms with van der Waals surface area (Å²) >= 11 is 2.31. The number of fused-ring (bicyclic) bond motifs is 1. The van der Waals surface area contributed by atoms with Crippen molar-refractivity contribution in [3.63, 3.8) is 0 Å². The van der Waals surface area contributed by atoms with Gasteiger partial charge in [-0.1, -0.05) is 48.9 Å². The van der Waals surface area contributed by atoms with Crippen molar-refractivity contribution in [1.82, 2.24) is 14.9 Å². The molecule has 38 heavy (non-hydrogen) atoms. The maximum Gasteiger partial charge on any atom is 0.241 e. The van der Waals surface area contributed by atoms with Crippen LogP contribution < -0.4 is 15.5 Å². The molecule has 0 saturated carbocycles. The number of likely N-dealkylation sites (tertiary alicyclic amines) is 1. The van der Waals surface area contributed by atoms with Gasteiger partial charge in [0.25, 0.3) is 0 Å². The lowest BCUT2D eigenvalue weighted by atomic mass is 10.00. The summed E-state index contributed by atoms with van der Waals surface area (Å²) in [5.74, 6) is 1.55. The zero-order chi connectivity index (χ0) is 26.5. The first kappa shape index (κ1) is 26.4. The third-order valence-corrected chi connectivity index (χ3v) is 7.54. The van der Waals surface area contributed by atoms with Gasteiger partial charge < -0.3 is 15.5 Å². The number of anilines is 3. The number of hydrogen-bond donors (Lipinski definition) is 2. The minimum absolute atomic E-state index is 0.0739. The normalized spacial score (nSPS) is 15.8. The number of benzene rings is 3. The number of aromatic nitrogens is 2. The van der Waals surface area contributed by atoms with Gasteiger partial charge in [0, 0.05) is 41.8 Å². The van der Waals surface area contributed by atoms with E-state index in [1.807, 2.05) is 55.4 Å². The molecule has 2 heterocycles. The predicted octanol–water partition coefficient (Wildman–Crippen LogP) is 5.91. The van der Waals surface area contributed by atoms with Gasteiger partial charge in [0.2, 0.25) is 11.9 Å². The molecule has 0 radical (unpaired) electrons. The second kappa shape index (κ2) is 12.1. The lowest BCUT2D eigenvalue weighted by Crippen LogP contribution is -2.46. The van der Waals surface area contributed by atoms with Gasteiger partial charge in [-0.2, -0.15) is 4.98 Å². The third kappa shape index (κ3) is 6.42. The molecule has 5 rings (SSSR count). The molecule has 0 bridgehead atoms. The molecular weight excluding hydrogens is 587 g/mol. The molecular formula is C30H33IN6O. The minimum Gasteiger partial charge on any atom is -0.365 e. The van der Waals surface area contributed by atoms with Gasteiger partial charge in [0.15, 0.2) is 0 Å². The number of nitrogens with zero attached hydrogens (tertiary/aromatic N) is 4. The molecule has 1 saturated heterocycles. The molecule has 1 atom stereocenters. The second-order valence-corrected chi connectivity index (χ2v) is 11.2. The van der Waals surface area contributed by atoms with Crippen LogP contribution >= 0.6 is 22.6 Å². The Balaban J connectivity index is 1.24. The Morgan fingerprint density at radius 3 is 2.55 bits per heavy atom. The first-order chi connectivity index (χ1) is 18.5. The van der Waals surface area contributed by atoms with Crippen LogP contribution in [0.4, 0.5) is 17.5 Å². The van der Waals surface area contributed by atoms with Crippen LogP contribution in [0.2, 0.25) is 0 Å². The van der Waals surface area contributed by atoms with Gasteiger partial charge in [-0.25, -0.2) is 4.98 Å². The van der Waals surface area contributed by atoms with E-state index < -0.39 is 0 Å². The van der Waals surface area contributed by atoms with Crippen LogP contribution in [0.3, 0.4) is 0 Å². The van der Waals surface area contributed by atoms with E-state index in [2.05, 4.69) is 79.5 Å². The molecule has 8 heteroatoms. The summed E-state index contributed by atoms with van der Waals surface area (Å²) in [7, 11) is 3.89. The number of rotatable bonds is 8. The van der Waals surface area contributed by atoms with Crippen molar-refractivity contribution in [2.75, 3.05) is 36.2 Å². The molecule has 1 aliphatic heterocycles. The summed E-state index contributed by atoms with van der Waals surface area (Å²) in [6.07, 6.45) is 3.11. The summed E-state index contributed by atoms with van der Waals surface area (Å²) in [6.45, 7) is 2.37. The Labute approximate surface area is 237 Å². The highest BCUT2D eigenvalue weighted by molar-refractivity contribution is 14.1. The topological polar surface area (TPSA) is 73.4 Å². The second-order valence-electron chi connectivity index (χ2n) is 9.94. The minimum atomic E-state index is -0.106. The molecule has 1 aromatic heterocycles. The van der Waals surface area contributed by atoms with Gasteiger partial charge >= 0.3 is 0 Å². The van der Waals surface area contributed by atoms with Crippen LogP contribution in [-0.4, -0.2) is 47.5 Å². The number of piperidine rings is 1. The van der Waals surface area contributed by atoms with Crippen LogP contribution in [0, 0.1) is 3.57 Å². The van der Waals surface area contributed by atoms with Crippen molar-refractivity contribution in [3.8, 4) is 0 Å². The fourth-order valence-corrected chi connectivity index (χ4v) is 5.33. The Morgan fingerprint density at radius 2 is 1.79 bits per heavy atom. The molecule has 0 aliphatic carbocycles. The molecule has 1 unspecified atom stereocenters. The van der Waals surface area contributed by atoms with Crippen LogP contribution in [0.5, 0.6) is 0 Å². The molecule has 1 fully saturated rings. The largest absolute Gasteiger partial charge is 0.365 e. The van der Waals surface area contributed by atoms with E-state index in [9.17, 15) is 4.79 Å². The lowest BCUT2D eigenvalue weighted by Gasteiger charge is -2.34. The molecule has 3 aromatic carbocycles. The summed E-state index contributed by atoms with van der Waals surface area (Å²) in [5.41, 5.74) is 4.08. The maximum atomic E-state index is 13.2. The van der Waals surface area contributed by atoms with Crippen molar-refractivity contribution in [2.24, 2.45) is 0 Å². The van der Waals surface area contributed by atoms with E-state index >= 15 is 0 Å². The Hall–Kier alpha value is -3.24. The maximum absolute atomic E-state index is 13.2. The Kier molecular flexibility index (Phi) is 8.38. The fraction of sp³-hybridized carbons (Fsp3) is 0.300. The number of carbonyl (C=O) groups is 1. The van der Waals surface area contributed by atoms with Crippen LogP contribution in [-0.2, 0) is 17.9 Å². The van der Waals surface area contributed by atoms with Crippen molar-refractivity contribution < 1.29 is 4.79 Å². The fourth-order valence-electron chi connectivity index (χ4n) is 4.84. The third-order valence-electron chi connectivity index (χ3n) is 6.87. The number of carbonyl (C=O) groups excluding carboxylic acids is 1. The van der Waals surface area contributed by atoms with E-state index in [1.165, 1.54) is 5.56 Å². The van der Waals surface area contributed by atoms with Crippen LogP contribution in [0.25, 0.3) is 10.9 Å². The standard InChI is InChI=1S/C30H33IN6O/c1-36(2)30-34-26-16-13-23(31)18-25(26)28(35-30)32-19-21-11-14-24(15-12-21)33-29(38)27-10-6-7-17-37(27)20-22-8-4-3-5-9-22/h3-5,8-9,11-16,18,27H,6-7,10,17,19-20H2,1-2H3,(H,33,38)(H,32,34,35). The summed E-state index contributed by atoms with van der Waals surface area (Å²) < 4.78 is 1.14. The zero-order valence-corrected chi connectivity index (χ0v) is 24.0. The quantitative estimate of drug-likeness (QED) is 0.239. The Morgan fingerprint density at radius 1 is 1.00 bits per heavy atom. The number of nitrogens with one attached hydrogen (secondary N) is 2. The first-order valence-electron chi connectivity index (χ1n) is 13.0. The molecule has 196 valence electrons. The highest BCUT2D eigenvalue weighted by atomic mass is 127. The van der Waals surface area contributed by atoms with Gasteiger partial charge in [-0.15, -0.1) is 0 Å². The monoisotopic (exact) mass is 620 g/mol. The summed E-state index contributed by atoms with van der Waals surface area (Å²) in [5, 5.41) is 7.64. The highest BCUT2D eigenvalue weighted by Gasteiger charge is 2.28. The lowest BCUT2D eigenvalue weighted by molar-refractivity contribution is -0.122. The number of amides is 1. The van der Waals surface area contributed by atoms with E-state index in [1.54, 1.807) is 0 Å².